The lowest BCUT2D eigenvalue weighted by molar-refractivity contribution is -0.131. The molecule has 6 heteroatoms. The fourth-order valence-electron chi connectivity index (χ4n) is 4.91. The lowest BCUT2D eigenvalue weighted by atomic mass is 9.94. The van der Waals surface area contributed by atoms with Crippen molar-refractivity contribution >= 4 is 16.8 Å². The van der Waals surface area contributed by atoms with Crippen LogP contribution in [-0.4, -0.2) is 32.3 Å². The lowest BCUT2D eigenvalue weighted by Crippen LogP contribution is -2.41. The van der Waals surface area contributed by atoms with Crippen LogP contribution >= 0.6 is 0 Å². The minimum Gasteiger partial charge on any atom is -0.337 e. The van der Waals surface area contributed by atoms with Gasteiger partial charge < -0.3 is 9.88 Å². The molecule has 1 aliphatic carbocycles. The number of nitrogens with zero attached hydrogens (tertiary/aromatic N) is 3. The van der Waals surface area contributed by atoms with Gasteiger partial charge in [-0.2, -0.15) is 0 Å². The molecular formula is C27H24N4O2. The van der Waals surface area contributed by atoms with Crippen LogP contribution in [-0.2, 0) is 29.6 Å². The third kappa shape index (κ3) is 3.52. The minimum atomic E-state index is -0.175. The number of aromatic nitrogens is 3. The molecule has 0 saturated heterocycles. The zero-order valence-electron chi connectivity index (χ0n) is 18.3. The molecule has 0 atom stereocenters. The summed E-state index contributed by atoms with van der Waals surface area (Å²) in [6, 6.07) is 20.2. The first-order chi connectivity index (χ1) is 16.1. The van der Waals surface area contributed by atoms with Gasteiger partial charge in [-0.1, -0.05) is 48.5 Å². The first-order valence-electron chi connectivity index (χ1n) is 11.4. The molecule has 1 saturated carbocycles. The highest BCUT2D eigenvalue weighted by Gasteiger charge is 2.48. The van der Waals surface area contributed by atoms with Crippen LogP contribution in [0.4, 0.5) is 0 Å². The van der Waals surface area contributed by atoms with Crippen molar-refractivity contribution in [3.8, 4) is 0 Å². The maximum absolute atomic E-state index is 13.0. The highest BCUT2D eigenvalue weighted by Crippen LogP contribution is 2.51. The van der Waals surface area contributed by atoms with Gasteiger partial charge in [0.25, 0.3) is 5.56 Å². The van der Waals surface area contributed by atoms with Crippen molar-refractivity contribution in [1.29, 1.82) is 0 Å². The second-order valence-electron chi connectivity index (χ2n) is 9.07. The zero-order valence-corrected chi connectivity index (χ0v) is 18.3. The predicted molar refractivity (Wildman–Crippen MR) is 126 cm³/mol. The summed E-state index contributed by atoms with van der Waals surface area (Å²) in [6.07, 6.45) is 4.61. The van der Waals surface area contributed by atoms with E-state index in [0.717, 1.165) is 40.8 Å². The van der Waals surface area contributed by atoms with Gasteiger partial charge in [0.15, 0.2) is 0 Å². The molecule has 0 spiro atoms. The van der Waals surface area contributed by atoms with Crippen LogP contribution in [0.1, 0.15) is 41.1 Å². The van der Waals surface area contributed by atoms with Crippen LogP contribution in [0.5, 0.6) is 0 Å². The van der Waals surface area contributed by atoms with E-state index < -0.39 is 0 Å². The van der Waals surface area contributed by atoms with Crippen LogP contribution in [0.2, 0.25) is 0 Å². The Bertz CT molecular complexity index is 1420. The first-order valence-corrected chi connectivity index (χ1v) is 11.4. The van der Waals surface area contributed by atoms with Crippen molar-refractivity contribution in [2.75, 3.05) is 6.54 Å². The van der Waals surface area contributed by atoms with Gasteiger partial charge >= 0.3 is 0 Å². The number of carbonyl (C=O) groups excluding carboxylic acids is 1. The topological polar surface area (TPSA) is 79.0 Å². The lowest BCUT2D eigenvalue weighted by Gasteiger charge is -2.28. The van der Waals surface area contributed by atoms with E-state index in [0.29, 0.717) is 25.1 Å². The fraction of sp³-hybridized carbons (Fsp3) is 0.259. The van der Waals surface area contributed by atoms with Gasteiger partial charge in [-0.25, -0.2) is 4.98 Å². The predicted octanol–water partition coefficient (Wildman–Crippen LogP) is 3.53. The number of nitrogens with one attached hydrogen (secondary N) is 1. The number of pyridine rings is 1. The summed E-state index contributed by atoms with van der Waals surface area (Å²) < 4.78 is 0. The number of benzene rings is 2. The van der Waals surface area contributed by atoms with Gasteiger partial charge in [0.05, 0.1) is 35.2 Å². The zero-order chi connectivity index (χ0) is 22.4. The molecule has 6 rings (SSSR count). The van der Waals surface area contributed by atoms with E-state index >= 15 is 0 Å². The Hall–Kier alpha value is -3.80. The monoisotopic (exact) mass is 436 g/mol. The molecule has 1 aliphatic heterocycles. The number of para-hydroxylation sites is 1. The normalized spacial score (nSPS) is 16.4. The second kappa shape index (κ2) is 7.66. The molecule has 0 radical (unpaired) electrons. The van der Waals surface area contributed by atoms with Gasteiger partial charge in [-0.05, 0) is 36.1 Å². The maximum Gasteiger partial charge on any atom is 0.256 e. The summed E-state index contributed by atoms with van der Waals surface area (Å²) in [4.78, 5) is 40.2. The molecule has 4 aromatic rings. The number of H-pyrrole nitrogens is 1. The molecule has 33 heavy (non-hydrogen) atoms. The van der Waals surface area contributed by atoms with Gasteiger partial charge in [0.1, 0.15) is 5.82 Å². The SMILES string of the molecule is O=C(Cc1cnc2ccccc2c1)N1CCc2nc(C3(c4ccccc4)CC3)[nH]c(=O)c2C1. The Kier molecular flexibility index (Phi) is 4.61. The van der Waals surface area contributed by atoms with E-state index in [1.165, 1.54) is 5.56 Å². The number of amides is 1. The molecule has 1 amide bonds. The van der Waals surface area contributed by atoms with Crippen molar-refractivity contribution in [3.63, 3.8) is 0 Å². The Balaban J connectivity index is 1.23. The van der Waals surface area contributed by atoms with Gasteiger partial charge in [-0.15, -0.1) is 0 Å². The van der Waals surface area contributed by atoms with E-state index in [-0.39, 0.29) is 23.3 Å². The Labute approximate surface area is 191 Å². The van der Waals surface area contributed by atoms with Crippen molar-refractivity contribution in [3.05, 3.63) is 105 Å². The number of aromatic amines is 1. The van der Waals surface area contributed by atoms with Crippen LogP contribution in [0.15, 0.2) is 71.7 Å². The van der Waals surface area contributed by atoms with Crippen molar-refractivity contribution in [1.82, 2.24) is 19.9 Å². The number of hydrogen-bond donors (Lipinski definition) is 1. The highest BCUT2D eigenvalue weighted by molar-refractivity contribution is 5.82. The fourth-order valence-corrected chi connectivity index (χ4v) is 4.91. The van der Waals surface area contributed by atoms with Crippen molar-refractivity contribution < 1.29 is 4.79 Å². The molecule has 1 fully saturated rings. The average molecular weight is 437 g/mol. The summed E-state index contributed by atoms with van der Waals surface area (Å²) in [7, 11) is 0. The molecule has 1 N–H and O–H groups in total. The standard InChI is InChI=1S/C27H24N4O2/c32-24(15-18-14-19-6-4-5-9-22(19)28-16-18)31-13-10-23-21(17-31)25(33)30-26(29-23)27(11-12-27)20-7-2-1-3-8-20/h1-9,14,16H,10-13,15,17H2,(H,29,30,33). The van der Waals surface area contributed by atoms with Gasteiger partial charge in [0, 0.05) is 24.5 Å². The third-order valence-corrected chi connectivity index (χ3v) is 6.95. The number of carbonyl (C=O) groups is 1. The summed E-state index contributed by atoms with van der Waals surface area (Å²) in [5.74, 6) is 0.767. The van der Waals surface area contributed by atoms with Gasteiger partial charge in [-0.3, -0.25) is 14.6 Å². The van der Waals surface area contributed by atoms with Crippen LogP contribution in [0.3, 0.4) is 0 Å². The molecule has 0 bridgehead atoms. The third-order valence-electron chi connectivity index (χ3n) is 6.95. The van der Waals surface area contributed by atoms with E-state index in [9.17, 15) is 9.59 Å². The molecule has 3 heterocycles. The Morgan fingerprint density at radius 1 is 1.06 bits per heavy atom. The molecule has 2 aliphatic rings. The van der Waals surface area contributed by atoms with Crippen LogP contribution in [0.25, 0.3) is 10.9 Å². The largest absolute Gasteiger partial charge is 0.337 e. The van der Waals surface area contributed by atoms with E-state index in [1.54, 1.807) is 11.1 Å². The van der Waals surface area contributed by atoms with Crippen LogP contribution < -0.4 is 5.56 Å². The second-order valence-corrected chi connectivity index (χ2v) is 9.07. The van der Waals surface area contributed by atoms with E-state index in [4.69, 9.17) is 4.98 Å². The summed E-state index contributed by atoms with van der Waals surface area (Å²) >= 11 is 0. The molecule has 2 aromatic heterocycles. The quantitative estimate of drug-likeness (QED) is 0.531. The minimum absolute atomic E-state index is 0.00385. The Morgan fingerprint density at radius 3 is 2.67 bits per heavy atom. The number of fused-ring (bicyclic) bond motifs is 2. The smallest absolute Gasteiger partial charge is 0.256 e. The van der Waals surface area contributed by atoms with E-state index in [1.807, 2.05) is 48.5 Å². The average Bonchev–Trinajstić information content (AvgIpc) is 3.66. The summed E-state index contributed by atoms with van der Waals surface area (Å²) in [5.41, 5.74) is 4.13. The van der Waals surface area contributed by atoms with Crippen molar-refractivity contribution in [2.45, 2.75) is 37.6 Å². The van der Waals surface area contributed by atoms with Gasteiger partial charge in [0.2, 0.25) is 5.91 Å². The first kappa shape index (κ1) is 19.9. The summed E-state index contributed by atoms with van der Waals surface area (Å²) in [6.45, 7) is 0.872. The molecule has 6 nitrogen and oxygen atoms in total. The summed E-state index contributed by atoms with van der Waals surface area (Å²) in [5, 5.41) is 1.02. The van der Waals surface area contributed by atoms with Crippen molar-refractivity contribution in [2.24, 2.45) is 0 Å². The number of hydrogen-bond acceptors (Lipinski definition) is 4. The molecule has 0 unspecified atom stereocenters. The Morgan fingerprint density at radius 2 is 1.85 bits per heavy atom. The molecule has 2 aromatic carbocycles. The highest BCUT2D eigenvalue weighted by atomic mass is 16.2. The maximum atomic E-state index is 13.0. The molecular weight excluding hydrogens is 412 g/mol. The molecule has 164 valence electrons. The number of rotatable bonds is 4. The van der Waals surface area contributed by atoms with E-state index in [2.05, 4.69) is 22.1 Å². The van der Waals surface area contributed by atoms with Crippen LogP contribution in [0, 0.1) is 0 Å².